The summed E-state index contributed by atoms with van der Waals surface area (Å²) in [6, 6.07) is 7.16. The molecule has 0 amide bonds. The summed E-state index contributed by atoms with van der Waals surface area (Å²) in [5.41, 5.74) is 1.21. The van der Waals surface area contributed by atoms with E-state index in [4.69, 9.17) is 9.47 Å². The lowest BCUT2D eigenvalue weighted by molar-refractivity contribution is 0.392. The standard InChI is InChI=1S/C16H25NO2/c1-12(17-14-6-4-5-7-14)10-13-11-15(18-2)8-9-16(13)19-3/h8-9,11-12,14,17H,4-7,10H2,1-3H3. The first-order valence-corrected chi connectivity index (χ1v) is 7.20. The first-order valence-electron chi connectivity index (χ1n) is 7.20. The molecule has 3 heteroatoms. The summed E-state index contributed by atoms with van der Waals surface area (Å²) < 4.78 is 10.7. The minimum atomic E-state index is 0.462. The van der Waals surface area contributed by atoms with Gasteiger partial charge in [0.25, 0.3) is 0 Å². The number of hydrogen-bond acceptors (Lipinski definition) is 3. The molecular formula is C16H25NO2. The maximum absolute atomic E-state index is 5.43. The zero-order valence-corrected chi connectivity index (χ0v) is 12.2. The van der Waals surface area contributed by atoms with Gasteiger partial charge >= 0.3 is 0 Å². The zero-order valence-electron chi connectivity index (χ0n) is 12.2. The van der Waals surface area contributed by atoms with Crippen LogP contribution >= 0.6 is 0 Å². The minimum Gasteiger partial charge on any atom is -0.497 e. The second-order valence-corrected chi connectivity index (χ2v) is 5.43. The summed E-state index contributed by atoms with van der Waals surface area (Å²) in [5, 5.41) is 3.72. The van der Waals surface area contributed by atoms with E-state index in [-0.39, 0.29) is 0 Å². The fourth-order valence-corrected chi connectivity index (χ4v) is 2.93. The van der Waals surface area contributed by atoms with Gasteiger partial charge in [-0.05, 0) is 49.9 Å². The molecule has 1 unspecified atom stereocenters. The number of benzene rings is 1. The van der Waals surface area contributed by atoms with E-state index in [1.165, 1.54) is 31.2 Å². The van der Waals surface area contributed by atoms with E-state index in [1.54, 1.807) is 14.2 Å². The molecule has 0 radical (unpaired) electrons. The zero-order chi connectivity index (χ0) is 13.7. The van der Waals surface area contributed by atoms with Crippen molar-refractivity contribution >= 4 is 0 Å². The van der Waals surface area contributed by atoms with Gasteiger partial charge < -0.3 is 14.8 Å². The monoisotopic (exact) mass is 263 g/mol. The van der Waals surface area contributed by atoms with Crippen LogP contribution in [0, 0.1) is 0 Å². The largest absolute Gasteiger partial charge is 0.497 e. The number of ether oxygens (including phenoxy) is 2. The van der Waals surface area contributed by atoms with Gasteiger partial charge in [-0.15, -0.1) is 0 Å². The van der Waals surface area contributed by atoms with Crippen molar-refractivity contribution in [3.8, 4) is 11.5 Å². The number of methoxy groups -OCH3 is 2. The Morgan fingerprint density at radius 1 is 1.21 bits per heavy atom. The SMILES string of the molecule is COc1ccc(OC)c(CC(C)NC2CCCC2)c1. The van der Waals surface area contributed by atoms with Gasteiger partial charge in [0.2, 0.25) is 0 Å². The van der Waals surface area contributed by atoms with Crippen LogP contribution in [0.5, 0.6) is 11.5 Å². The van der Waals surface area contributed by atoms with Crippen LogP contribution in [0.25, 0.3) is 0 Å². The van der Waals surface area contributed by atoms with Crippen LogP contribution in [0.4, 0.5) is 0 Å². The van der Waals surface area contributed by atoms with Gasteiger partial charge in [0, 0.05) is 12.1 Å². The van der Waals surface area contributed by atoms with E-state index in [2.05, 4.69) is 18.3 Å². The van der Waals surface area contributed by atoms with Crippen LogP contribution in [-0.4, -0.2) is 26.3 Å². The van der Waals surface area contributed by atoms with Gasteiger partial charge in [0.05, 0.1) is 14.2 Å². The van der Waals surface area contributed by atoms with E-state index in [1.807, 2.05) is 12.1 Å². The molecule has 19 heavy (non-hydrogen) atoms. The predicted molar refractivity (Wildman–Crippen MR) is 78.1 cm³/mol. The van der Waals surface area contributed by atoms with Crippen molar-refractivity contribution in [1.82, 2.24) is 5.32 Å². The normalized spacial score (nSPS) is 17.4. The Labute approximate surface area is 116 Å². The van der Waals surface area contributed by atoms with Crippen molar-refractivity contribution in [2.24, 2.45) is 0 Å². The summed E-state index contributed by atoms with van der Waals surface area (Å²) in [5.74, 6) is 1.84. The molecule has 1 aromatic carbocycles. The third kappa shape index (κ3) is 3.87. The predicted octanol–water partition coefficient (Wildman–Crippen LogP) is 3.17. The van der Waals surface area contributed by atoms with E-state index >= 15 is 0 Å². The molecule has 0 saturated heterocycles. The minimum absolute atomic E-state index is 0.462. The van der Waals surface area contributed by atoms with Gasteiger partial charge in [-0.3, -0.25) is 0 Å². The summed E-state index contributed by atoms with van der Waals surface area (Å²) in [6.45, 7) is 2.25. The van der Waals surface area contributed by atoms with Crippen LogP contribution in [-0.2, 0) is 6.42 Å². The van der Waals surface area contributed by atoms with E-state index in [0.29, 0.717) is 12.1 Å². The van der Waals surface area contributed by atoms with E-state index in [9.17, 15) is 0 Å². The first-order chi connectivity index (χ1) is 9.22. The smallest absolute Gasteiger partial charge is 0.122 e. The van der Waals surface area contributed by atoms with Crippen molar-refractivity contribution in [3.05, 3.63) is 23.8 Å². The third-order valence-electron chi connectivity index (χ3n) is 3.89. The Morgan fingerprint density at radius 2 is 1.95 bits per heavy atom. The second kappa shape index (κ2) is 6.80. The number of nitrogens with one attached hydrogen (secondary N) is 1. The lowest BCUT2D eigenvalue weighted by atomic mass is 10.0. The lowest BCUT2D eigenvalue weighted by Gasteiger charge is -2.20. The van der Waals surface area contributed by atoms with Gasteiger partial charge in [-0.25, -0.2) is 0 Å². The Balaban J connectivity index is 1.99. The highest BCUT2D eigenvalue weighted by Crippen LogP contribution is 2.26. The molecule has 1 aromatic rings. The molecular weight excluding hydrogens is 238 g/mol. The number of hydrogen-bond donors (Lipinski definition) is 1. The Bertz CT molecular complexity index is 400. The lowest BCUT2D eigenvalue weighted by Crippen LogP contribution is -2.36. The molecule has 106 valence electrons. The summed E-state index contributed by atoms with van der Waals surface area (Å²) in [4.78, 5) is 0. The highest BCUT2D eigenvalue weighted by Gasteiger charge is 2.18. The Morgan fingerprint density at radius 3 is 2.58 bits per heavy atom. The molecule has 1 aliphatic rings. The first kappa shape index (κ1) is 14.2. The molecule has 0 aliphatic heterocycles. The quantitative estimate of drug-likeness (QED) is 0.855. The van der Waals surface area contributed by atoms with Crippen molar-refractivity contribution < 1.29 is 9.47 Å². The van der Waals surface area contributed by atoms with Gasteiger partial charge in [0.15, 0.2) is 0 Å². The molecule has 1 atom stereocenters. The maximum atomic E-state index is 5.43. The van der Waals surface area contributed by atoms with Gasteiger partial charge in [0.1, 0.15) is 11.5 Å². The highest BCUT2D eigenvalue weighted by molar-refractivity contribution is 5.40. The molecule has 3 nitrogen and oxygen atoms in total. The summed E-state index contributed by atoms with van der Waals surface area (Å²) in [6.07, 6.45) is 6.34. The van der Waals surface area contributed by atoms with E-state index in [0.717, 1.165) is 17.9 Å². The molecule has 0 aromatic heterocycles. The molecule has 1 N–H and O–H groups in total. The summed E-state index contributed by atoms with van der Waals surface area (Å²) >= 11 is 0. The van der Waals surface area contributed by atoms with Crippen LogP contribution in [0.1, 0.15) is 38.2 Å². The van der Waals surface area contributed by atoms with Crippen LogP contribution < -0.4 is 14.8 Å². The summed E-state index contributed by atoms with van der Waals surface area (Å²) in [7, 11) is 3.42. The number of rotatable bonds is 6. The van der Waals surface area contributed by atoms with Gasteiger partial charge in [-0.1, -0.05) is 12.8 Å². The third-order valence-corrected chi connectivity index (χ3v) is 3.89. The second-order valence-electron chi connectivity index (χ2n) is 5.43. The molecule has 1 fully saturated rings. The average molecular weight is 263 g/mol. The van der Waals surface area contributed by atoms with Crippen LogP contribution in [0.15, 0.2) is 18.2 Å². The molecule has 0 bridgehead atoms. The molecule has 0 spiro atoms. The van der Waals surface area contributed by atoms with E-state index < -0.39 is 0 Å². The fraction of sp³-hybridized carbons (Fsp3) is 0.625. The van der Waals surface area contributed by atoms with Gasteiger partial charge in [-0.2, -0.15) is 0 Å². The topological polar surface area (TPSA) is 30.5 Å². The van der Waals surface area contributed by atoms with Crippen LogP contribution in [0.3, 0.4) is 0 Å². The Kier molecular flexibility index (Phi) is 5.08. The van der Waals surface area contributed by atoms with Crippen molar-refractivity contribution in [1.29, 1.82) is 0 Å². The Hall–Kier alpha value is -1.22. The molecule has 0 heterocycles. The highest BCUT2D eigenvalue weighted by atomic mass is 16.5. The average Bonchev–Trinajstić information content (AvgIpc) is 2.91. The molecule has 2 rings (SSSR count). The molecule has 1 aliphatic carbocycles. The van der Waals surface area contributed by atoms with Crippen molar-refractivity contribution in [2.45, 2.75) is 51.1 Å². The van der Waals surface area contributed by atoms with Crippen molar-refractivity contribution in [2.75, 3.05) is 14.2 Å². The molecule has 1 saturated carbocycles. The fourth-order valence-electron chi connectivity index (χ4n) is 2.93. The van der Waals surface area contributed by atoms with Crippen molar-refractivity contribution in [3.63, 3.8) is 0 Å². The maximum Gasteiger partial charge on any atom is 0.122 e. The van der Waals surface area contributed by atoms with Crippen LogP contribution in [0.2, 0.25) is 0 Å².